The monoisotopic (exact) mass is 286 g/mol. The average Bonchev–Trinajstić information content (AvgIpc) is 2.34. The van der Waals surface area contributed by atoms with Gasteiger partial charge in [-0.25, -0.2) is 8.78 Å². The first-order chi connectivity index (χ1) is 9.40. The molecular weight excluding hydrogens is 262 g/mol. The standard InChI is InChI=1S/C15H24F2N2O/c16-15(17,8-18)9-19-13(20)7-14-4-10-1-11(5-14)3-12(2-10)6-14/h10-12H,1-9,18H2,(H,19,20). The van der Waals surface area contributed by atoms with Crippen molar-refractivity contribution >= 4 is 5.91 Å². The van der Waals surface area contributed by atoms with Gasteiger partial charge in [0.05, 0.1) is 13.1 Å². The molecule has 4 aliphatic rings. The Morgan fingerprint density at radius 2 is 1.65 bits per heavy atom. The number of nitrogens with one attached hydrogen (secondary N) is 1. The first kappa shape index (κ1) is 14.2. The van der Waals surface area contributed by atoms with Crippen molar-refractivity contribution in [2.75, 3.05) is 13.1 Å². The molecule has 4 aliphatic carbocycles. The molecule has 1 amide bonds. The minimum absolute atomic E-state index is 0.108. The number of carbonyl (C=O) groups excluding carboxylic acids is 1. The zero-order chi connectivity index (χ0) is 14.4. The lowest BCUT2D eigenvalue weighted by atomic mass is 9.49. The van der Waals surface area contributed by atoms with E-state index in [0.29, 0.717) is 6.42 Å². The van der Waals surface area contributed by atoms with Gasteiger partial charge in [-0.15, -0.1) is 0 Å². The van der Waals surface area contributed by atoms with E-state index in [1.807, 2.05) is 0 Å². The number of halogens is 2. The highest BCUT2D eigenvalue weighted by Crippen LogP contribution is 2.61. The van der Waals surface area contributed by atoms with E-state index in [0.717, 1.165) is 37.0 Å². The highest BCUT2D eigenvalue weighted by Gasteiger charge is 2.51. The molecule has 3 N–H and O–H groups in total. The second-order valence-electron chi connectivity index (χ2n) is 7.43. The summed E-state index contributed by atoms with van der Waals surface area (Å²) >= 11 is 0. The minimum atomic E-state index is -2.99. The predicted octanol–water partition coefficient (Wildman–Crippen LogP) is 2.30. The summed E-state index contributed by atoms with van der Waals surface area (Å²) in [6.45, 7) is -1.35. The molecule has 5 heteroatoms. The van der Waals surface area contributed by atoms with Crippen LogP contribution in [0.15, 0.2) is 0 Å². The Kier molecular flexibility index (Phi) is 3.51. The fraction of sp³-hybridized carbons (Fsp3) is 0.933. The summed E-state index contributed by atoms with van der Waals surface area (Å²) in [5.74, 6) is -0.879. The Labute approximate surface area is 118 Å². The second-order valence-corrected chi connectivity index (χ2v) is 7.43. The second kappa shape index (κ2) is 4.93. The van der Waals surface area contributed by atoms with E-state index >= 15 is 0 Å². The molecule has 0 aromatic rings. The van der Waals surface area contributed by atoms with Crippen LogP contribution in [0.4, 0.5) is 8.78 Å². The fourth-order valence-electron chi connectivity index (χ4n) is 5.21. The van der Waals surface area contributed by atoms with Crippen molar-refractivity contribution in [2.24, 2.45) is 28.9 Å². The number of amides is 1. The van der Waals surface area contributed by atoms with Gasteiger partial charge in [0.1, 0.15) is 0 Å². The van der Waals surface area contributed by atoms with Crippen LogP contribution in [0.2, 0.25) is 0 Å². The van der Waals surface area contributed by atoms with Gasteiger partial charge in [-0.2, -0.15) is 0 Å². The zero-order valence-corrected chi connectivity index (χ0v) is 11.8. The van der Waals surface area contributed by atoms with Gasteiger partial charge in [-0.05, 0) is 61.7 Å². The average molecular weight is 286 g/mol. The third-order valence-corrected chi connectivity index (χ3v) is 5.54. The maximum Gasteiger partial charge on any atom is 0.277 e. The topological polar surface area (TPSA) is 55.1 Å². The number of rotatable bonds is 5. The maximum absolute atomic E-state index is 13.1. The first-order valence-electron chi connectivity index (χ1n) is 7.74. The van der Waals surface area contributed by atoms with Crippen LogP contribution in [-0.4, -0.2) is 24.9 Å². The Bertz CT molecular complexity index is 362. The third-order valence-electron chi connectivity index (χ3n) is 5.54. The van der Waals surface area contributed by atoms with Crippen LogP contribution < -0.4 is 11.1 Å². The molecule has 0 radical (unpaired) electrons. The van der Waals surface area contributed by atoms with Crippen LogP contribution in [-0.2, 0) is 4.79 Å². The molecule has 0 aromatic carbocycles. The predicted molar refractivity (Wildman–Crippen MR) is 72.2 cm³/mol. The van der Waals surface area contributed by atoms with Crippen LogP contribution in [0.3, 0.4) is 0 Å². The number of nitrogens with two attached hydrogens (primary N) is 1. The van der Waals surface area contributed by atoms with Crippen molar-refractivity contribution in [3.8, 4) is 0 Å². The molecule has 114 valence electrons. The zero-order valence-electron chi connectivity index (χ0n) is 11.8. The van der Waals surface area contributed by atoms with Crippen LogP contribution in [0.25, 0.3) is 0 Å². The summed E-state index contributed by atoms with van der Waals surface area (Å²) in [7, 11) is 0. The van der Waals surface area contributed by atoms with Crippen LogP contribution >= 0.6 is 0 Å². The molecule has 4 bridgehead atoms. The van der Waals surface area contributed by atoms with Gasteiger partial charge in [0.2, 0.25) is 5.91 Å². The molecule has 4 saturated carbocycles. The molecule has 20 heavy (non-hydrogen) atoms. The summed E-state index contributed by atoms with van der Waals surface area (Å²) in [6.07, 6.45) is 7.78. The van der Waals surface area contributed by atoms with Gasteiger partial charge in [0.25, 0.3) is 5.92 Å². The van der Waals surface area contributed by atoms with Crippen molar-refractivity contribution in [2.45, 2.75) is 50.9 Å². The molecule has 4 rings (SSSR count). The summed E-state index contributed by atoms with van der Waals surface area (Å²) in [4.78, 5) is 12.0. The molecule has 0 aromatic heterocycles. The SMILES string of the molecule is NCC(F)(F)CNC(=O)CC12CC3CC(CC(C3)C1)C2. The number of alkyl halides is 2. The Morgan fingerprint density at radius 3 is 2.10 bits per heavy atom. The highest BCUT2D eigenvalue weighted by molar-refractivity contribution is 5.76. The molecule has 0 atom stereocenters. The van der Waals surface area contributed by atoms with E-state index in [1.54, 1.807) is 0 Å². The van der Waals surface area contributed by atoms with E-state index in [-0.39, 0.29) is 11.3 Å². The minimum Gasteiger partial charge on any atom is -0.350 e. The van der Waals surface area contributed by atoms with Crippen molar-refractivity contribution < 1.29 is 13.6 Å². The van der Waals surface area contributed by atoms with Gasteiger partial charge < -0.3 is 11.1 Å². The molecule has 0 spiro atoms. The number of hydrogen-bond donors (Lipinski definition) is 2. The molecule has 0 heterocycles. The largest absolute Gasteiger partial charge is 0.350 e. The molecular formula is C15H24F2N2O. The smallest absolute Gasteiger partial charge is 0.277 e. The summed E-state index contributed by atoms with van der Waals surface area (Å²) in [6, 6.07) is 0. The molecule has 4 fully saturated rings. The Hall–Kier alpha value is -0.710. The van der Waals surface area contributed by atoms with Gasteiger partial charge in [0, 0.05) is 6.42 Å². The van der Waals surface area contributed by atoms with Crippen molar-refractivity contribution in [3.05, 3.63) is 0 Å². The fourth-order valence-corrected chi connectivity index (χ4v) is 5.21. The highest BCUT2D eigenvalue weighted by atomic mass is 19.3. The summed E-state index contributed by atoms with van der Waals surface area (Å²) in [5.41, 5.74) is 5.09. The van der Waals surface area contributed by atoms with Crippen LogP contribution in [0, 0.1) is 23.2 Å². The van der Waals surface area contributed by atoms with Crippen molar-refractivity contribution in [3.63, 3.8) is 0 Å². The summed E-state index contributed by atoms with van der Waals surface area (Å²) < 4.78 is 26.1. The maximum atomic E-state index is 13.1. The van der Waals surface area contributed by atoms with Gasteiger partial charge in [0.15, 0.2) is 0 Å². The lowest BCUT2D eigenvalue weighted by molar-refractivity contribution is -0.131. The van der Waals surface area contributed by atoms with Gasteiger partial charge in [-0.3, -0.25) is 4.79 Å². The van der Waals surface area contributed by atoms with E-state index in [4.69, 9.17) is 5.73 Å². The van der Waals surface area contributed by atoms with Crippen LogP contribution in [0.1, 0.15) is 44.9 Å². The summed E-state index contributed by atoms with van der Waals surface area (Å²) in [5, 5.41) is 2.38. The Morgan fingerprint density at radius 1 is 1.15 bits per heavy atom. The van der Waals surface area contributed by atoms with E-state index in [1.165, 1.54) is 19.3 Å². The van der Waals surface area contributed by atoms with E-state index in [2.05, 4.69) is 5.32 Å². The van der Waals surface area contributed by atoms with Crippen LogP contribution in [0.5, 0.6) is 0 Å². The van der Waals surface area contributed by atoms with Crippen molar-refractivity contribution in [1.82, 2.24) is 5.32 Å². The van der Waals surface area contributed by atoms with Crippen molar-refractivity contribution in [1.29, 1.82) is 0 Å². The quantitative estimate of drug-likeness (QED) is 0.815. The number of hydrogen-bond acceptors (Lipinski definition) is 2. The Balaban J connectivity index is 1.56. The molecule has 3 nitrogen and oxygen atoms in total. The van der Waals surface area contributed by atoms with Gasteiger partial charge >= 0.3 is 0 Å². The lowest BCUT2D eigenvalue weighted by Crippen LogP contribution is -2.49. The number of carbonyl (C=O) groups is 1. The normalized spacial score (nSPS) is 39.0. The first-order valence-corrected chi connectivity index (χ1v) is 7.74. The third kappa shape index (κ3) is 2.83. The van der Waals surface area contributed by atoms with E-state index in [9.17, 15) is 13.6 Å². The molecule has 0 aliphatic heterocycles. The lowest BCUT2D eigenvalue weighted by Gasteiger charge is -2.56. The van der Waals surface area contributed by atoms with E-state index < -0.39 is 19.0 Å². The van der Waals surface area contributed by atoms with Gasteiger partial charge in [-0.1, -0.05) is 0 Å². The molecule has 0 saturated heterocycles. The molecule has 0 unspecified atom stereocenters.